The van der Waals surface area contributed by atoms with Crippen molar-refractivity contribution in [1.82, 2.24) is 0 Å². The van der Waals surface area contributed by atoms with Crippen LogP contribution in [0.15, 0.2) is 0 Å². The number of hydrogen-bond donors (Lipinski definition) is 1. The summed E-state index contributed by atoms with van der Waals surface area (Å²) in [6, 6.07) is 0. The fraction of sp³-hybridized carbons (Fsp3) is 0. The summed E-state index contributed by atoms with van der Waals surface area (Å²) in [4.78, 5) is 0. The van der Waals surface area contributed by atoms with Gasteiger partial charge in [0.15, 0.2) is 6.40 Å². The molecule has 5 heavy (non-hydrogen) atoms. The van der Waals surface area contributed by atoms with Gasteiger partial charge in [0.05, 0.1) is 0 Å². The van der Waals surface area contributed by atoms with Crippen molar-refractivity contribution in [3.05, 3.63) is 0 Å². The lowest BCUT2D eigenvalue weighted by atomic mass is 11.4. The van der Waals surface area contributed by atoms with Gasteiger partial charge in [-0.2, -0.15) is 0 Å². The summed E-state index contributed by atoms with van der Waals surface area (Å²) in [5.74, 6) is 0. The number of ether oxygens (including phenoxy) is 1. The summed E-state index contributed by atoms with van der Waals surface area (Å²) in [6.07, 6.45) is 1.84. The minimum Gasteiger partial charge on any atom is -0.376 e. The molecule has 0 aliphatic carbocycles. The predicted molar refractivity (Wildman–Crippen MR) is 15.5 cm³/mol. The van der Waals surface area contributed by atoms with E-state index in [4.69, 9.17) is 10.7 Å². The van der Waals surface area contributed by atoms with Gasteiger partial charge >= 0.3 is 0 Å². The number of nitrogens with zero attached hydrogens (tertiary/aromatic N) is 1. The van der Waals surface area contributed by atoms with Gasteiger partial charge < -0.3 is 4.74 Å². The van der Waals surface area contributed by atoms with E-state index in [2.05, 4.69) is 4.74 Å². The van der Waals surface area contributed by atoms with Gasteiger partial charge in [-0.05, 0) is 0 Å². The van der Waals surface area contributed by atoms with Crippen LogP contribution in [0.1, 0.15) is 0 Å². The summed E-state index contributed by atoms with van der Waals surface area (Å²) in [7, 11) is 0. The van der Waals surface area contributed by atoms with Gasteiger partial charge in [-0.25, -0.2) is 0 Å². The minimum absolute atomic E-state index is 0.569. The van der Waals surface area contributed by atoms with Gasteiger partial charge in [-0.15, -0.1) is 5.26 Å². The molecule has 0 unspecified atom stereocenters. The van der Waals surface area contributed by atoms with Crippen LogP contribution < -0.4 is 0 Å². The average molecular weight is 70.1 g/mol. The van der Waals surface area contributed by atoms with Crippen LogP contribution in [0.2, 0.25) is 0 Å². The molecule has 0 aliphatic heterocycles. The van der Waals surface area contributed by atoms with Crippen LogP contribution in [-0.2, 0) is 4.74 Å². The summed E-state index contributed by atoms with van der Waals surface area (Å²) in [6.45, 7) is 0. The van der Waals surface area contributed by atoms with Gasteiger partial charge in [-0.3, -0.25) is 5.41 Å². The summed E-state index contributed by atoms with van der Waals surface area (Å²) >= 11 is 0. The molecule has 0 aromatic rings. The highest BCUT2D eigenvalue weighted by molar-refractivity contribution is 5.42. The highest BCUT2D eigenvalue weighted by Gasteiger charge is 1.53. The van der Waals surface area contributed by atoms with Gasteiger partial charge in [0, 0.05) is 0 Å². The van der Waals surface area contributed by atoms with E-state index in [0.717, 1.165) is 0 Å². The molecule has 0 fully saturated rings. The van der Waals surface area contributed by atoms with Crippen molar-refractivity contribution in [3.63, 3.8) is 0 Å². The quantitative estimate of drug-likeness (QED) is 0.270. The molecule has 1 N–H and O–H groups in total. The molecule has 0 saturated carbocycles. The molecular formula is C2H2N2O. The highest BCUT2D eigenvalue weighted by atomic mass is 16.5. The molecule has 0 aliphatic rings. The van der Waals surface area contributed by atoms with Crippen molar-refractivity contribution in [3.8, 4) is 6.26 Å². The predicted octanol–water partition coefficient (Wildman–Crippen LogP) is 0.0912. The van der Waals surface area contributed by atoms with E-state index in [-0.39, 0.29) is 0 Å². The maximum atomic E-state index is 7.44. The smallest absolute Gasteiger partial charge is 0.293 e. The minimum atomic E-state index is 0.569. The lowest BCUT2D eigenvalue weighted by Crippen LogP contribution is -1.66. The van der Waals surface area contributed by atoms with Crippen molar-refractivity contribution in [2.45, 2.75) is 0 Å². The third-order valence-electron chi connectivity index (χ3n) is 0.112. The van der Waals surface area contributed by atoms with E-state index in [1.54, 1.807) is 0 Å². The Morgan fingerprint density at radius 2 is 2.60 bits per heavy atom. The molecule has 0 aromatic heterocycles. The third kappa shape index (κ3) is 2.96. The molecule has 0 spiro atoms. The molecule has 26 valence electrons. The Balaban J connectivity index is 2.75. The molecule has 0 heterocycles. The van der Waals surface area contributed by atoms with E-state index in [1.807, 2.05) is 0 Å². The van der Waals surface area contributed by atoms with Crippen molar-refractivity contribution in [2.24, 2.45) is 0 Å². The molecule has 0 amide bonds. The maximum absolute atomic E-state index is 7.44. The first kappa shape index (κ1) is 3.96. The van der Waals surface area contributed by atoms with E-state index < -0.39 is 0 Å². The van der Waals surface area contributed by atoms with Crippen LogP contribution in [0.25, 0.3) is 0 Å². The van der Waals surface area contributed by atoms with E-state index >= 15 is 0 Å². The van der Waals surface area contributed by atoms with Crippen LogP contribution in [0, 0.1) is 16.9 Å². The van der Waals surface area contributed by atoms with Crippen molar-refractivity contribution in [1.29, 1.82) is 10.7 Å². The Morgan fingerprint density at radius 1 is 2.00 bits per heavy atom. The maximum Gasteiger partial charge on any atom is 0.293 e. The molecule has 0 rings (SSSR count). The monoisotopic (exact) mass is 70.0 g/mol. The molecular weight excluding hydrogens is 68.0 g/mol. The second-order valence-electron chi connectivity index (χ2n) is 0.327. The van der Waals surface area contributed by atoms with Crippen molar-refractivity contribution >= 4 is 6.40 Å². The van der Waals surface area contributed by atoms with E-state index in [0.29, 0.717) is 6.40 Å². The normalized spacial score (nSPS) is 4.60. The van der Waals surface area contributed by atoms with Gasteiger partial charge in [0.1, 0.15) is 0 Å². The number of nitrogens with one attached hydrogen (secondary N) is 1. The van der Waals surface area contributed by atoms with Gasteiger partial charge in [0.2, 0.25) is 0 Å². The standard InChI is InChI=1S/C2H2N2O/c3-1-5-2-4/h1,3H. The average Bonchev–Trinajstić information content (AvgIpc) is 1.41. The molecule has 0 saturated heterocycles. The SMILES string of the molecule is N#COC=N. The van der Waals surface area contributed by atoms with E-state index in [1.165, 1.54) is 6.26 Å². The van der Waals surface area contributed by atoms with Gasteiger partial charge in [0.25, 0.3) is 6.26 Å². The van der Waals surface area contributed by atoms with Gasteiger partial charge in [-0.1, -0.05) is 0 Å². The summed E-state index contributed by atoms with van der Waals surface area (Å²) in [5.41, 5.74) is 0. The van der Waals surface area contributed by atoms with Crippen LogP contribution in [0.4, 0.5) is 0 Å². The fourth-order valence-electron chi connectivity index (χ4n) is 0.0264. The summed E-state index contributed by atoms with van der Waals surface area (Å²) in [5, 5.41) is 13.5. The largest absolute Gasteiger partial charge is 0.376 e. The number of nitriles is 1. The topological polar surface area (TPSA) is 56.9 Å². The Labute approximate surface area is 29.3 Å². The lowest BCUT2D eigenvalue weighted by molar-refractivity contribution is 0.518. The molecule has 0 radical (unpaired) electrons. The molecule has 0 atom stereocenters. The van der Waals surface area contributed by atoms with Crippen molar-refractivity contribution in [2.75, 3.05) is 0 Å². The fourth-order valence-corrected chi connectivity index (χ4v) is 0.0264. The Kier molecular flexibility index (Phi) is 2.34. The second-order valence-corrected chi connectivity index (χ2v) is 0.327. The molecule has 0 bridgehead atoms. The first-order valence-electron chi connectivity index (χ1n) is 0.952. The zero-order valence-corrected chi connectivity index (χ0v) is 2.43. The highest BCUT2D eigenvalue weighted by Crippen LogP contribution is 1.47. The second kappa shape index (κ2) is 2.96. The Hall–Kier alpha value is -1.04. The van der Waals surface area contributed by atoms with Crippen LogP contribution in [-0.4, -0.2) is 6.40 Å². The Morgan fingerprint density at radius 3 is 2.60 bits per heavy atom. The first-order valence-corrected chi connectivity index (χ1v) is 0.952. The van der Waals surface area contributed by atoms with Crippen LogP contribution >= 0.6 is 0 Å². The lowest BCUT2D eigenvalue weighted by Gasteiger charge is -1.64. The zero-order chi connectivity index (χ0) is 4.12. The van der Waals surface area contributed by atoms with Crippen molar-refractivity contribution < 1.29 is 4.74 Å². The number of rotatable bonds is 1. The Bertz CT molecular complexity index is 62.5. The van der Waals surface area contributed by atoms with Crippen LogP contribution in [0.3, 0.4) is 0 Å². The van der Waals surface area contributed by atoms with Crippen LogP contribution in [0.5, 0.6) is 0 Å². The third-order valence-corrected chi connectivity index (χ3v) is 0.112. The molecule has 0 aromatic carbocycles. The zero-order valence-electron chi connectivity index (χ0n) is 2.43. The van der Waals surface area contributed by atoms with E-state index in [9.17, 15) is 0 Å². The molecule has 3 heteroatoms. The molecule has 3 nitrogen and oxygen atoms in total. The number of hydrogen-bond acceptors (Lipinski definition) is 3. The summed E-state index contributed by atoms with van der Waals surface area (Å²) < 4.78 is 3.68. The first-order chi connectivity index (χ1) is 2.41.